The number of unbranched alkanes of at least 4 members (excludes halogenated alkanes) is 8. The molecule has 1 spiro atoms. The Morgan fingerprint density at radius 1 is 0.573 bits per heavy atom. The van der Waals surface area contributed by atoms with E-state index in [0.29, 0.717) is 76.7 Å². The molecule has 5 aliphatic heterocycles. The molecule has 3 unspecified atom stereocenters. The van der Waals surface area contributed by atoms with Crippen LogP contribution < -0.4 is 25.8 Å². The van der Waals surface area contributed by atoms with Gasteiger partial charge in [0.25, 0.3) is 0 Å². The maximum absolute atomic E-state index is 13.1. The number of likely N-dealkylation sites (N-methyl/N-ethyl adjacent to an activating group) is 1. The van der Waals surface area contributed by atoms with Gasteiger partial charge in [-0.2, -0.15) is 15.0 Å². The quantitative estimate of drug-likeness (QED) is 0.0314. The molecule has 89 heavy (non-hydrogen) atoms. The van der Waals surface area contributed by atoms with Crippen molar-refractivity contribution in [3.05, 3.63) is 41.2 Å². The first-order valence-electron chi connectivity index (χ1n) is 30.8. The molecule has 490 valence electrons. The smallest absolute Gasteiger partial charge is 0.481 e. The molecule has 3 amide bonds. The van der Waals surface area contributed by atoms with Crippen molar-refractivity contribution in [1.82, 2.24) is 35.8 Å². The second-order valence-electron chi connectivity index (χ2n) is 24.8. The molecule has 31 nitrogen and oxygen atoms in total. The number of carboxylic acid groups (broad SMARTS) is 8. The maximum Gasteiger partial charge on any atom is 0.483 e. The Labute approximate surface area is 515 Å². The lowest BCUT2D eigenvalue weighted by Gasteiger charge is -2.50. The second-order valence-corrected chi connectivity index (χ2v) is 24.8. The van der Waals surface area contributed by atoms with Crippen LogP contribution in [0.15, 0.2) is 24.3 Å². The van der Waals surface area contributed by atoms with E-state index in [-0.39, 0.29) is 94.9 Å². The van der Waals surface area contributed by atoms with E-state index in [2.05, 4.69) is 25.8 Å². The van der Waals surface area contributed by atoms with Crippen molar-refractivity contribution in [3.8, 4) is 0 Å². The van der Waals surface area contributed by atoms with Crippen LogP contribution >= 0.6 is 0 Å². The number of rotatable bonds is 39. The predicted octanol–water partition coefficient (Wildman–Crippen LogP) is 0.155. The zero-order valence-electron chi connectivity index (χ0n) is 50.7. The van der Waals surface area contributed by atoms with E-state index >= 15 is 0 Å². The first-order valence-corrected chi connectivity index (χ1v) is 30.8. The number of aromatic nitrogens is 3. The van der Waals surface area contributed by atoms with E-state index in [1.165, 1.54) is 4.90 Å². The minimum Gasteiger partial charge on any atom is -0.481 e. The van der Waals surface area contributed by atoms with E-state index in [9.17, 15) is 83.7 Å². The SMILES string of the molecule is CN(CC(=O)O)c1nc(Cc2ccc(CC3C[N@@+]4(CC(=O)O)CC[N+]5(CC(=O)O)CC[N@@+]6(CC(=O)O)CC[N@+]3(CC(=O)O)C564)cc2)nc(N2CCN(CCCCCCCCCCC(=O)NCCCC[C@H](NC(=O)N[C@@H](CCC(=O)O)C(=O)O)C(=O)O)CC2)n1. The van der Waals surface area contributed by atoms with Crippen molar-refractivity contribution < 1.29 is 107 Å². The van der Waals surface area contributed by atoms with Gasteiger partial charge in [0.2, 0.25) is 17.8 Å². The Balaban J connectivity index is 0.846. The molecular formula is C58H89N13O18+4. The molecule has 1 aromatic heterocycles. The summed E-state index contributed by atoms with van der Waals surface area (Å²) in [6.07, 6.45) is 9.01. The third-order valence-corrected chi connectivity index (χ3v) is 18.9. The van der Waals surface area contributed by atoms with Gasteiger partial charge in [-0.3, -0.25) is 19.3 Å². The number of benzene rings is 1. The topological polar surface area (TPSA) is 417 Å². The standard InChI is InChI=1S/C58H85N13O18/c1-65(34-48(75)76)55-62-45(33-41-16-14-40(15-17-41)32-42-35-70(38-51(81)82)29-28-68(36-49(77)78)26-27-69(37-50(79)80)30-31-71(42,39-52(83)84)58(68,69)70)63-56(64-55)67-24-22-66(23-25-67)21-11-7-5-3-2-4-6-8-13-46(72)59-20-10-9-12-43(53(85)86)60-57(89)61-44(54(87)88)18-19-47(73)74/h14-17,42-44H,2-13,18-39H2,1H3,(H7-4,59,60,61,72,73,74,75,76,77,78,79,80,81,82,83,84,85,86,87,88,89)/p+4/t42?,43-,44-,58?,68?,69-,70+,71+/m0/s1. The minimum absolute atomic E-state index is 0.0385. The van der Waals surface area contributed by atoms with Crippen LogP contribution in [0.25, 0.3) is 0 Å². The van der Waals surface area contributed by atoms with Gasteiger partial charge in [0, 0.05) is 65.5 Å². The molecule has 11 N–H and O–H groups in total. The van der Waals surface area contributed by atoms with Gasteiger partial charge in [-0.1, -0.05) is 62.8 Å². The maximum atomic E-state index is 13.1. The molecule has 2 aromatic rings. The summed E-state index contributed by atoms with van der Waals surface area (Å²) in [5.41, 5.74) is 1.68. The zero-order chi connectivity index (χ0) is 64.7. The van der Waals surface area contributed by atoms with Crippen LogP contribution in [0.4, 0.5) is 16.7 Å². The van der Waals surface area contributed by atoms with Crippen LogP contribution in [0.2, 0.25) is 0 Å². The molecule has 5 saturated heterocycles. The highest BCUT2D eigenvalue weighted by Crippen LogP contribution is 2.64. The number of hydrogen-bond donors (Lipinski definition) is 11. The van der Waals surface area contributed by atoms with Gasteiger partial charge < -0.3 is 66.6 Å². The van der Waals surface area contributed by atoms with E-state index in [1.807, 2.05) is 24.3 Å². The fourth-order valence-electron chi connectivity index (χ4n) is 15.5. The largest absolute Gasteiger partial charge is 0.483 e. The normalized spacial score (nSPS) is 24.9. The van der Waals surface area contributed by atoms with Gasteiger partial charge in [-0.25, -0.2) is 33.6 Å². The number of carbonyl (C=O) groups excluding carboxylic acids is 2. The number of nitrogens with one attached hydrogen (secondary N) is 3. The van der Waals surface area contributed by atoms with Crippen LogP contribution in [-0.2, 0) is 56.0 Å². The van der Waals surface area contributed by atoms with Crippen LogP contribution in [0.5, 0.6) is 0 Å². The van der Waals surface area contributed by atoms with Crippen molar-refractivity contribution in [2.75, 3.05) is 135 Å². The molecule has 0 saturated carbocycles. The highest BCUT2D eigenvalue weighted by atomic mass is 16.4. The molecule has 6 heterocycles. The summed E-state index contributed by atoms with van der Waals surface area (Å²) in [5.74, 6) is -9.90. The lowest BCUT2D eigenvalue weighted by molar-refractivity contribution is -1.36. The number of amides is 3. The van der Waals surface area contributed by atoms with E-state index in [0.717, 1.165) is 82.1 Å². The fourth-order valence-corrected chi connectivity index (χ4v) is 15.5. The molecule has 5 fully saturated rings. The van der Waals surface area contributed by atoms with Gasteiger partial charge in [0.15, 0.2) is 32.2 Å². The zero-order valence-corrected chi connectivity index (χ0v) is 50.7. The first-order chi connectivity index (χ1) is 42.3. The number of aliphatic carboxylic acids is 8. The summed E-state index contributed by atoms with van der Waals surface area (Å²) in [6, 6.07) is 3.38. The van der Waals surface area contributed by atoms with Crippen molar-refractivity contribution in [2.24, 2.45) is 0 Å². The molecule has 0 bridgehead atoms. The first kappa shape index (κ1) is 68.6. The van der Waals surface area contributed by atoms with Gasteiger partial charge in [0.1, 0.15) is 70.3 Å². The third kappa shape index (κ3) is 16.1. The van der Waals surface area contributed by atoms with Crippen LogP contribution in [-0.4, -0.2) is 287 Å². The summed E-state index contributed by atoms with van der Waals surface area (Å²) in [7, 11) is 1.61. The summed E-state index contributed by atoms with van der Waals surface area (Å²) in [6.45, 7) is 4.13. The van der Waals surface area contributed by atoms with Crippen molar-refractivity contribution in [2.45, 2.75) is 127 Å². The van der Waals surface area contributed by atoms with Crippen molar-refractivity contribution in [3.63, 3.8) is 0 Å². The number of hydrogen-bond acceptors (Lipinski definition) is 16. The van der Waals surface area contributed by atoms with Crippen LogP contribution in [0.1, 0.15) is 107 Å². The van der Waals surface area contributed by atoms with Gasteiger partial charge in [0.05, 0.1) is 0 Å². The highest BCUT2D eigenvalue weighted by Gasteiger charge is 3.01. The average Bonchev–Trinajstić information content (AvgIpc) is 1.44. The Kier molecular flexibility index (Phi) is 23.2. The predicted molar refractivity (Wildman–Crippen MR) is 314 cm³/mol. The molecule has 5 aliphatic rings. The Hall–Kier alpha value is -7.87. The Morgan fingerprint density at radius 3 is 1.66 bits per heavy atom. The highest BCUT2D eigenvalue weighted by molar-refractivity contribution is 5.86. The molecule has 0 aliphatic carbocycles. The van der Waals surface area contributed by atoms with Crippen molar-refractivity contribution >= 4 is 71.6 Å². The third-order valence-electron chi connectivity index (χ3n) is 18.9. The monoisotopic (exact) mass is 1260 g/mol. The molecule has 8 atom stereocenters. The Bertz CT molecular complexity index is 2890. The van der Waals surface area contributed by atoms with E-state index in [4.69, 9.17) is 20.1 Å². The summed E-state index contributed by atoms with van der Waals surface area (Å²) < 4.78 is -0.363. The average molecular weight is 1260 g/mol. The second kappa shape index (κ2) is 30.1. The van der Waals surface area contributed by atoms with Gasteiger partial charge in [-0.05, 0) is 56.2 Å². The Morgan fingerprint density at radius 2 is 1.10 bits per heavy atom. The molecule has 0 radical (unpaired) electrons. The lowest BCUT2D eigenvalue weighted by atomic mass is 10.0. The summed E-state index contributed by atoms with van der Waals surface area (Å²) in [5, 5.41) is 86.3. The fraction of sp³-hybridized carbons (Fsp3) is 0.672. The minimum atomic E-state index is -1.50. The number of carboxylic acids is 8. The van der Waals surface area contributed by atoms with E-state index in [1.54, 1.807) is 7.05 Å². The summed E-state index contributed by atoms with van der Waals surface area (Å²) in [4.78, 5) is 142. The molecular weight excluding hydrogens is 1170 g/mol. The van der Waals surface area contributed by atoms with Crippen molar-refractivity contribution in [1.29, 1.82) is 0 Å². The molecule has 31 heteroatoms. The number of urea groups is 1. The number of nitrogens with zero attached hydrogens (tertiary/aromatic N) is 10. The molecule has 1 aromatic carbocycles. The van der Waals surface area contributed by atoms with Crippen LogP contribution in [0.3, 0.4) is 0 Å². The number of quaternary nitrogens is 4. The number of carbonyl (C=O) groups is 10. The van der Waals surface area contributed by atoms with Gasteiger partial charge in [-0.15, -0.1) is 17.9 Å². The number of piperazine rings is 1. The summed E-state index contributed by atoms with van der Waals surface area (Å²) >= 11 is 0. The number of anilines is 2. The lowest BCUT2D eigenvalue weighted by Crippen LogP contribution is -2.86. The van der Waals surface area contributed by atoms with Crippen LogP contribution in [0, 0.1) is 0 Å². The van der Waals surface area contributed by atoms with Gasteiger partial charge >= 0.3 is 59.7 Å². The molecule has 7 rings (SSSR count). The van der Waals surface area contributed by atoms with E-state index < -0.39 is 97.3 Å².